The van der Waals surface area contributed by atoms with E-state index in [2.05, 4.69) is 5.32 Å². The number of β-amino-alcohol motifs (C(OH)–C–C–N with tert-alkyl or cyclic N) is 1. The average molecular weight is 327 g/mol. The molecule has 1 atom stereocenters. The zero-order valence-corrected chi connectivity index (χ0v) is 13.3. The number of imide groups is 1. The first-order valence-electron chi connectivity index (χ1n) is 6.94. The van der Waals surface area contributed by atoms with E-state index in [1.807, 2.05) is 12.1 Å². The minimum atomic E-state index is -0.934. The number of aliphatic hydroxyl groups is 1. The van der Waals surface area contributed by atoms with E-state index in [1.54, 1.807) is 26.0 Å². The molecule has 0 aliphatic carbocycles. The molecular formula is C15H19ClN2O4. The van der Waals surface area contributed by atoms with Crippen LogP contribution in [-0.4, -0.2) is 46.7 Å². The number of ether oxygens (including phenoxy) is 1. The molecule has 7 heteroatoms. The zero-order valence-electron chi connectivity index (χ0n) is 12.5. The predicted molar refractivity (Wildman–Crippen MR) is 81.4 cm³/mol. The van der Waals surface area contributed by atoms with E-state index in [0.29, 0.717) is 11.6 Å². The monoisotopic (exact) mass is 326 g/mol. The lowest BCUT2D eigenvalue weighted by Crippen LogP contribution is -2.42. The van der Waals surface area contributed by atoms with E-state index in [1.165, 1.54) is 0 Å². The van der Waals surface area contributed by atoms with Gasteiger partial charge in [0.15, 0.2) is 0 Å². The van der Waals surface area contributed by atoms with Crippen molar-refractivity contribution in [3.8, 4) is 0 Å². The Morgan fingerprint density at radius 1 is 1.32 bits per heavy atom. The van der Waals surface area contributed by atoms with E-state index in [-0.39, 0.29) is 19.1 Å². The van der Waals surface area contributed by atoms with E-state index in [0.717, 1.165) is 10.5 Å². The number of carbonyl (C=O) groups excluding carboxylic acids is 2. The van der Waals surface area contributed by atoms with Crippen LogP contribution in [0.5, 0.6) is 0 Å². The van der Waals surface area contributed by atoms with Crippen molar-refractivity contribution in [2.75, 3.05) is 13.2 Å². The fourth-order valence-corrected chi connectivity index (χ4v) is 2.27. The van der Waals surface area contributed by atoms with Gasteiger partial charge < -0.3 is 15.2 Å². The van der Waals surface area contributed by atoms with Crippen molar-refractivity contribution < 1.29 is 19.4 Å². The number of aliphatic hydroxyl groups excluding tert-OH is 1. The molecule has 0 unspecified atom stereocenters. The summed E-state index contributed by atoms with van der Waals surface area (Å²) in [5.41, 5.74) is -0.00578. The summed E-state index contributed by atoms with van der Waals surface area (Å²) in [6.07, 6.45) is -0.934. The van der Waals surface area contributed by atoms with Crippen molar-refractivity contribution in [1.82, 2.24) is 10.2 Å². The van der Waals surface area contributed by atoms with Gasteiger partial charge in [-0.05, 0) is 31.5 Å². The maximum Gasteiger partial charge on any atom is 0.325 e. The number of rotatable bonds is 6. The molecule has 0 spiro atoms. The highest BCUT2D eigenvalue weighted by molar-refractivity contribution is 6.30. The number of benzene rings is 1. The number of nitrogens with zero attached hydrogens (tertiary/aromatic N) is 1. The molecule has 0 bridgehead atoms. The van der Waals surface area contributed by atoms with Crippen LogP contribution >= 0.6 is 11.6 Å². The van der Waals surface area contributed by atoms with Crippen LogP contribution in [0.3, 0.4) is 0 Å². The first-order chi connectivity index (χ1) is 10.3. The summed E-state index contributed by atoms with van der Waals surface area (Å²) in [7, 11) is 0. The second-order valence-electron chi connectivity index (χ2n) is 5.77. The Morgan fingerprint density at radius 3 is 2.50 bits per heavy atom. The third kappa shape index (κ3) is 3.97. The summed E-state index contributed by atoms with van der Waals surface area (Å²) in [4.78, 5) is 24.7. The van der Waals surface area contributed by atoms with E-state index in [4.69, 9.17) is 16.3 Å². The van der Waals surface area contributed by atoms with Crippen molar-refractivity contribution in [2.45, 2.75) is 32.1 Å². The highest BCUT2D eigenvalue weighted by atomic mass is 35.5. The first kappa shape index (κ1) is 16.7. The van der Waals surface area contributed by atoms with Crippen molar-refractivity contribution in [3.63, 3.8) is 0 Å². The van der Waals surface area contributed by atoms with Crippen molar-refractivity contribution in [3.05, 3.63) is 34.9 Å². The van der Waals surface area contributed by atoms with Gasteiger partial charge >= 0.3 is 6.03 Å². The number of halogens is 1. The predicted octanol–water partition coefficient (Wildman–Crippen LogP) is 1.55. The molecule has 2 rings (SSSR count). The minimum Gasteiger partial charge on any atom is -0.389 e. The van der Waals surface area contributed by atoms with Crippen molar-refractivity contribution >= 4 is 23.5 Å². The van der Waals surface area contributed by atoms with Crippen molar-refractivity contribution in [1.29, 1.82) is 0 Å². The zero-order chi connectivity index (χ0) is 16.3. The molecule has 0 aromatic heterocycles. The Balaban J connectivity index is 1.78. The quantitative estimate of drug-likeness (QED) is 0.777. The Hall–Kier alpha value is -1.63. The normalized spacial score (nSPS) is 18.5. The highest BCUT2D eigenvalue weighted by Gasteiger charge is 2.44. The number of nitrogens with one attached hydrogen (secondary N) is 1. The van der Waals surface area contributed by atoms with Crippen LogP contribution in [0, 0.1) is 0 Å². The van der Waals surface area contributed by atoms with Gasteiger partial charge in [-0.15, -0.1) is 0 Å². The molecule has 1 aliphatic rings. The van der Waals surface area contributed by atoms with Crippen LogP contribution in [0.2, 0.25) is 5.02 Å². The number of carbonyl (C=O) groups is 2. The van der Waals surface area contributed by atoms with Gasteiger partial charge in [0.05, 0.1) is 25.9 Å². The fraction of sp³-hybridized carbons (Fsp3) is 0.467. The first-order valence-corrected chi connectivity index (χ1v) is 7.32. The lowest BCUT2D eigenvalue weighted by molar-refractivity contribution is -0.131. The summed E-state index contributed by atoms with van der Waals surface area (Å²) in [6.45, 7) is 3.50. The molecule has 6 nitrogen and oxygen atoms in total. The molecule has 1 aromatic rings. The van der Waals surface area contributed by atoms with Gasteiger partial charge in [-0.2, -0.15) is 0 Å². The highest BCUT2D eigenvalue weighted by Crippen LogP contribution is 2.17. The van der Waals surface area contributed by atoms with Crippen LogP contribution in [0.15, 0.2) is 24.3 Å². The summed E-state index contributed by atoms with van der Waals surface area (Å²) in [6, 6.07) is 6.67. The molecule has 1 heterocycles. The van der Waals surface area contributed by atoms with Gasteiger partial charge in [-0.25, -0.2) is 4.79 Å². The smallest absolute Gasteiger partial charge is 0.325 e. The van der Waals surface area contributed by atoms with Crippen LogP contribution < -0.4 is 5.32 Å². The lowest BCUT2D eigenvalue weighted by Gasteiger charge is -2.19. The second-order valence-corrected chi connectivity index (χ2v) is 6.20. The summed E-state index contributed by atoms with van der Waals surface area (Å²) < 4.78 is 5.39. The molecule has 2 N–H and O–H groups in total. The maximum atomic E-state index is 12.0. The fourth-order valence-electron chi connectivity index (χ4n) is 2.14. The Labute approximate surface area is 134 Å². The lowest BCUT2D eigenvalue weighted by atomic mass is 10.1. The molecule has 0 radical (unpaired) electrons. The van der Waals surface area contributed by atoms with Gasteiger partial charge in [0.25, 0.3) is 5.91 Å². The van der Waals surface area contributed by atoms with Crippen molar-refractivity contribution in [2.24, 2.45) is 0 Å². The summed E-state index contributed by atoms with van der Waals surface area (Å²) >= 11 is 5.79. The van der Waals surface area contributed by atoms with Crippen LogP contribution in [0.4, 0.5) is 4.79 Å². The molecule has 0 saturated carbocycles. The molecule has 120 valence electrons. The molecule has 22 heavy (non-hydrogen) atoms. The van der Waals surface area contributed by atoms with E-state index in [9.17, 15) is 14.7 Å². The number of urea groups is 1. The molecule has 1 aliphatic heterocycles. The molecule has 3 amide bonds. The summed E-state index contributed by atoms with van der Waals surface area (Å²) in [5, 5.41) is 13.1. The summed E-state index contributed by atoms with van der Waals surface area (Å²) in [5.74, 6) is -0.353. The Kier molecular flexibility index (Phi) is 5.05. The Morgan fingerprint density at radius 2 is 1.95 bits per heavy atom. The van der Waals surface area contributed by atoms with Crippen LogP contribution in [0.1, 0.15) is 19.4 Å². The average Bonchev–Trinajstić information content (AvgIpc) is 2.63. The van der Waals surface area contributed by atoms with E-state index >= 15 is 0 Å². The third-order valence-electron chi connectivity index (χ3n) is 3.33. The number of hydrogen-bond acceptors (Lipinski definition) is 4. The third-order valence-corrected chi connectivity index (χ3v) is 3.58. The number of hydrogen-bond donors (Lipinski definition) is 2. The maximum absolute atomic E-state index is 12.0. The van der Waals surface area contributed by atoms with Gasteiger partial charge in [0.1, 0.15) is 5.54 Å². The number of amides is 3. The van der Waals surface area contributed by atoms with Crippen LogP contribution in [0.25, 0.3) is 0 Å². The van der Waals surface area contributed by atoms with Gasteiger partial charge in [-0.1, -0.05) is 23.7 Å². The molecular weight excluding hydrogens is 308 g/mol. The Bertz CT molecular complexity index is 559. The molecule has 1 aromatic carbocycles. The minimum absolute atomic E-state index is 0.0279. The SMILES string of the molecule is CC1(C)NC(=O)N(C[C@@H](O)COCc2ccc(Cl)cc2)C1=O. The van der Waals surface area contributed by atoms with E-state index < -0.39 is 17.7 Å². The van der Waals surface area contributed by atoms with Gasteiger partial charge in [0, 0.05) is 5.02 Å². The second kappa shape index (κ2) is 6.64. The van der Waals surface area contributed by atoms with Gasteiger partial charge in [0.2, 0.25) is 0 Å². The van der Waals surface area contributed by atoms with Crippen LogP contribution in [-0.2, 0) is 16.1 Å². The molecule has 1 saturated heterocycles. The standard InChI is InChI=1S/C15H19ClN2O4/c1-15(2)13(20)18(14(21)17-15)7-12(19)9-22-8-10-3-5-11(16)6-4-10/h3-6,12,19H,7-9H2,1-2H3,(H,17,21)/t12-/m1/s1. The molecule has 1 fully saturated rings. The van der Waals surface area contributed by atoms with Gasteiger partial charge in [-0.3, -0.25) is 9.69 Å². The topological polar surface area (TPSA) is 78.9 Å². The largest absolute Gasteiger partial charge is 0.389 e.